The molecule has 0 saturated heterocycles. The molecular formula is C23H24ClN3O5. The predicted molar refractivity (Wildman–Crippen MR) is 121 cm³/mol. The number of carboxylic acid groups (broad SMARTS) is 1. The standard InChI is InChI=1S/C23H24ClN3O5/c1-2-32-21(28)12-18(27-22(29)19(25)13-20(26)23(30)31)10-14-6-8-15(9-7-14)16-4-3-5-17(24)11-16/h3-9,11,13,18,25H,2,10,12,26H2,1H3,(H,27,29)(H,30,31)/t18-/m1/s1. The van der Waals surface area contributed by atoms with Gasteiger partial charge in [0.2, 0.25) is 0 Å². The van der Waals surface area contributed by atoms with Gasteiger partial charge in [0.25, 0.3) is 5.91 Å². The molecule has 5 N–H and O–H groups in total. The Morgan fingerprint density at radius 2 is 1.88 bits per heavy atom. The summed E-state index contributed by atoms with van der Waals surface area (Å²) < 4.78 is 4.97. The van der Waals surface area contributed by atoms with Crippen LogP contribution in [0.25, 0.3) is 11.1 Å². The Morgan fingerprint density at radius 3 is 2.47 bits per heavy atom. The summed E-state index contributed by atoms with van der Waals surface area (Å²) in [6.45, 7) is 1.87. The number of nitrogens with two attached hydrogens (primary N) is 1. The second-order valence-corrected chi connectivity index (χ2v) is 7.35. The predicted octanol–water partition coefficient (Wildman–Crippen LogP) is 2.93. The minimum Gasteiger partial charge on any atom is -0.477 e. The molecule has 8 nitrogen and oxygen atoms in total. The zero-order chi connectivity index (χ0) is 23.7. The molecule has 0 bridgehead atoms. The summed E-state index contributed by atoms with van der Waals surface area (Å²) in [4.78, 5) is 35.1. The summed E-state index contributed by atoms with van der Waals surface area (Å²) in [5.74, 6) is -2.79. The molecule has 0 unspecified atom stereocenters. The molecule has 0 aromatic heterocycles. The normalized spacial score (nSPS) is 12.0. The van der Waals surface area contributed by atoms with Crippen molar-refractivity contribution in [3.05, 3.63) is 70.9 Å². The van der Waals surface area contributed by atoms with E-state index in [0.29, 0.717) is 11.4 Å². The molecule has 32 heavy (non-hydrogen) atoms. The summed E-state index contributed by atoms with van der Waals surface area (Å²) in [5.41, 5.74) is 6.75. The van der Waals surface area contributed by atoms with Crippen molar-refractivity contribution in [1.82, 2.24) is 5.32 Å². The highest BCUT2D eigenvalue weighted by Crippen LogP contribution is 2.23. The third-order valence-corrected chi connectivity index (χ3v) is 4.67. The highest BCUT2D eigenvalue weighted by molar-refractivity contribution is 6.42. The van der Waals surface area contributed by atoms with Gasteiger partial charge >= 0.3 is 11.9 Å². The second kappa shape index (κ2) is 11.7. The highest BCUT2D eigenvalue weighted by Gasteiger charge is 2.20. The Hall–Kier alpha value is -3.65. The first-order chi connectivity index (χ1) is 15.2. The maximum atomic E-state index is 12.3. The number of hydrogen-bond acceptors (Lipinski definition) is 6. The van der Waals surface area contributed by atoms with E-state index in [2.05, 4.69) is 5.32 Å². The number of ether oxygens (including phenoxy) is 1. The number of carbonyl (C=O) groups is 3. The number of hydrogen-bond donors (Lipinski definition) is 4. The fourth-order valence-corrected chi connectivity index (χ4v) is 3.12. The van der Waals surface area contributed by atoms with E-state index in [0.717, 1.165) is 22.8 Å². The van der Waals surface area contributed by atoms with Crippen molar-refractivity contribution in [3.8, 4) is 11.1 Å². The lowest BCUT2D eigenvalue weighted by molar-refractivity contribution is -0.143. The average Bonchev–Trinajstić information content (AvgIpc) is 2.74. The highest BCUT2D eigenvalue weighted by atomic mass is 35.5. The summed E-state index contributed by atoms with van der Waals surface area (Å²) in [7, 11) is 0. The molecule has 0 spiro atoms. The molecule has 0 aliphatic heterocycles. The van der Waals surface area contributed by atoms with Crippen LogP contribution in [0.5, 0.6) is 0 Å². The van der Waals surface area contributed by atoms with Crippen LogP contribution in [-0.4, -0.2) is 41.3 Å². The van der Waals surface area contributed by atoms with Gasteiger partial charge in [0, 0.05) is 11.1 Å². The number of carbonyl (C=O) groups excluding carboxylic acids is 2. The van der Waals surface area contributed by atoms with Gasteiger partial charge in [0.05, 0.1) is 13.0 Å². The van der Waals surface area contributed by atoms with E-state index in [-0.39, 0.29) is 13.0 Å². The lowest BCUT2D eigenvalue weighted by Gasteiger charge is -2.18. The van der Waals surface area contributed by atoms with Crippen molar-refractivity contribution in [2.24, 2.45) is 5.73 Å². The first-order valence-corrected chi connectivity index (χ1v) is 10.2. The Kier molecular flexibility index (Phi) is 8.97. The van der Waals surface area contributed by atoms with Gasteiger partial charge in [-0.1, -0.05) is 48.0 Å². The largest absolute Gasteiger partial charge is 0.477 e. The lowest BCUT2D eigenvalue weighted by atomic mass is 9.99. The van der Waals surface area contributed by atoms with Gasteiger partial charge in [0.15, 0.2) is 0 Å². The first-order valence-electron chi connectivity index (χ1n) is 9.80. The van der Waals surface area contributed by atoms with Crippen LogP contribution in [0.1, 0.15) is 18.9 Å². The number of carboxylic acids is 1. The second-order valence-electron chi connectivity index (χ2n) is 6.91. The molecule has 9 heteroatoms. The Bertz CT molecular complexity index is 1030. The van der Waals surface area contributed by atoms with Crippen LogP contribution in [-0.2, 0) is 25.5 Å². The number of rotatable bonds is 10. The molecule has 2 aromatic rings. The van der Waals surface area contributed by atoms with Crippen molar-refractivity contribution >= 4 is 35.2 Å². The molecule has 168 valence electrons. The number of nitrogens with one attached hydrogen (secondary N) is 2. The number of benzene rings is 2. The fraction of sp³-hybridized carbons (Fsp3) is 0.217. The van der Waals surface area contributed by atoms with E-state index in [4.69, 9.17) is 32.6 Å². The van der Waals surface area contributed by atoms with Gasteiger partial charge in [-0.05, 0) is 48.2 Å². The van der Waals surface area contributed by atoms with Gasteiger partial charge in [-0.15, -0.1) is 0 Å². The molecule has 0 fully saturated rings. The maximum absolute atomic E-state index is 12.3. The monoisotopic (exact) mass is 457 g/mol. The lowest BCUT2D eigenvalue weighted by Crippen LogP contribution is -2.41. The van der Waals surface area contributed by atoms with E-state index in [9.17, 15) is 14.4 Å². The van der Waals surface area contributed by atoms with Gasteiger partial charge in [-0.2, -0.15) is 0 Å². The zero-order valence-corrected chi connectivity index (χ0v) is 18.2. The van der Waals surface area contributed by atoms with Crippen LogP contribution in [0.3, 0.4) is 0 Å². The molecule has 1 atom stereocenters. The summed E-state index contributed by atoms with van der Waals surface area (Å²) >= 11 is 6.05. The summed E-state index contributed by atoms with van der Waals surface area (Å²) in [5, 5.41) is 19.7. The van der Waals surface area contributed by atoms with Crippen LogP contribution in [0.4, 0.5) is 0 Å². The number of amides is 1. The Labute approximate surface area is 190 Å². The fourth-order valence-electron chi connectivity index (χ4n) is 2.93. The molecule has 2 aromatic carbocycles. The van der Waals surface area contributed by atoms with Gasteiger partial charge in [0.1, 0.15) is 11.4 Å². The Balaban J connectivity index is 2.15. The van der Waals surface area contributed by atoms with Crippen LogP contribution in [0.2, 0.25) is 5.02 Å². The topological polar surface area (TPSA) is 143 Å². The van der Waals surface area contributed by atoms with Crippen LogP contribution < -0.4 is 11.1 Å². The number of aliphatic carboxylic acids is 1. The molecule has 0 radical (unpaired) electrons. The Morgan fingerprint density at radius 1 is 1.19 bits per heavy atom. The molecule has 0 saturated carbocycles. The van der Waals surface area contributed by atoms with Crippen molar-refractivity contribution in [2.75, 3.05) is 6.61 Å². The van der Waals surface area contributed by atoms with Gasteiger partial charge in [-0.3, -0.25) is 15.0 Å². The molecule has 2 rings (SSSR count). The van der Waals surface area contributed by atoms with Crippen molar-refractivity contribution < 1.29 is 24.2 Å². The number of halogens is 1. The minimum absolute atomic E-state index is 0.110. The summed E-state index contributed by atoms with van der Waals surface area (Å²) in [6, 6.07) is 14.3. The van der Waals surface area contributed by atoms with Gasteiger partial charge < -0.3 is 20.9 Å². The molecule has 0 heterocycles. The van der Waals surface area contributed by atoms with Crippen molar-refractivity contribution in [2.45, 2.75) is 25.8 Å². The van der Waals surface area contributed by atoms with Crippen LogP contribution in [0, 0.1) is 5.41 Å². The molecule has 1 amide bonds. The van der Waals surface area contributed by atoms with E-state index in [1.54, 1.807) is 13.0 Å². The molecular weight excluding hydrogens is 434 g/mol. The minimum atomic E-state index is -1.44. The zero-order valence-electron chi connectivity index (χ0n) is 17.4. The smallest absolute Gasteiger partial charge is 0.351 e. The molecule has 0 aliphatic rings. The first kappa shape index (κ1) is 24.6. The van der Waals surface area contributed by atoms with E-state index < -0.39 is 35.3 Å². The average molecular weight is 458 g/mol. The van der Waals surface area contributed by atoms with Crippen molar-refractivity contribution in [1.29, 1.82) is 5.41 Å². The quantitative estimate of drug-likeness (QED) is 0.245. The van der Waals surface area contributed by atoms with Crippen molar-refractivity contribution in [3.63, 3.8) is 0 Å². The van der Waals surface area contributed by atoms with Crippen LogP contribution >= 0.6 is 11.6 Å². The molecule has 0 aliphatic carbocycles. The SMILES string of the molecule is CCOC(=O)C[C@@H](Cc1ccc(-c2cccc(Cl)c2)cc1)NC(=O)C(=N)C=C(N)C(=O)O. The van der Waals surface area contributed by atoms with E-state index in [1.807, 2.05) is 42.5 Å². The van der Waals surface area contributed by atoms with Crippen LogP contribution in [0.15, 0.2) is 60.3 Å². The maximum Gasteiger partial charge on any atom is 0.351 e. The van der Waals surface area contributed by atoms with E-state index in [1.165, 1.54) is 0 Å². The van der Waals surface area contributed by atoms with Gasteiger partial charge in [-0.25, -0.2) is 4.79 Å². The third-order valence-electron chi connectivity index (χ3n) is 4.44. The third kappa shape index (κ3) is 7.55. The number of esters is 1. The van der Waals surface area contributed by atoms with E-state index >= 15 is 0 Å². The summed E-state index contributed by atoms with van der Waals surface area (Å²) in [6.07, 6.45) is 0.936.